The maximum atomic E-state index is 15.4. The molecule has 5 aromatic carbocycles. The van der Waals surface area contributed by atoms with E-state index in [1.165, 1.54) is 36.4 Å². The van der Waals surface area contributed by atoms with Gasteiger partial charge in [0.15, 0.2) is 5.52 Å². The van der Waals surface area contributed by atoms with Crippen LogP contribution in [-0.4, -0.2) is 54.1 Å². The van der Waals surface area contributed by atoms with Crippen LogP contribution < -0.4 is 10.1 Å². The number of hydrogen-bond acceptors (Lipinski definition) is 19. The lowest BCUT2D eigenvalue weighted by Crippen LogP contribution is -2.24. The molecule has 1 aliphatic heterocycles. The number of benzene rings is 5. The van der Waals surface area contributed by atoms with Crippen molar-refractivity contribution in [2.45, 2.75) is 13.1 Å². The Kier molecular flexibility index (Phi) is 8.69. The molecule has 17 nitrogen and oxygen atoms in total. The Hall–Kier alpha value is -6.05. The Morgan fingerprint density at radius 1 is 0.831 bits per heavy atom. The molecule has 0 saturated heterocycles. The second-order valence-electron chi connectivity index (χ2n) is 12.5. The summed E-state index contributed by atoms with van der Waals surface area (Å²) in [6.07, 6.45) is -5.04. The summed E-state index contributed by atoms with van der Waals surface area (Å²) in [7, 11) is 0. The van der Waals surface area contributed by atoms with E-state index in [9.17, 15) is 14.9 Å². The highest BCUT2D eigenvalue weighted by Crippen LogP contribution is 2.60. The van der Waals surface area contributed by atoms with Gasteiger partial charge in [0.05, 0.1) is 74.2 Å². The molecule has 5 heterocycles. The van der Waals surface area contributed by atoms with E-state index in [2.05, 4.69) is 52.5 Å². The number of carbonyl (C=O) groups is 1. The average Bonchev–Trinajstić information content (AvgIpc) is 4.06. The first kappa shape index (κ1) is 37.2. The minimum atomic E-state index is -5.04. The maximum Gasteiger partial charge on any atom is 0.420 e. The van der Waals surface area contributed by atoms with Crippen LogP contribution in [0, 0.1) is 10.1 Å². The van der Waals surface area contributed by atoms with Gasteiger partial charge in [-0.3, -0.25) is 10.1 Å². The molecule has 59 heavy (non-hydrogen) atoms. The van der Waals surface area contributed by atoms with Gasteiger partial charge in [-0.1, -0.05) is 23.7 Å². The number of fused-ring (bicyclic) bond motifs is 5. The lowest BCUT2D eigenvalue weighted by Gasteiger charge is -2.24. The van der Waals surface area contributed by atoms with Gasteiger partial charge >= 0.3 is 12.1 Å². The number of ether oxygens (including phenoxy) is 1. The number of hydrogen-bond donors (Lipinski definition) is 0. The van der Waals surface area contributed by atoms with E-state index in [0.29, 0.717) is 32.8 Å². The maximum absolute atomic E-state index is 15.4. The summed E-state index contributed by atoms with van der Waals surface area (Å²) in [6.45, 7) is 1.51. The van der Waals surface area contributed by atoms with Crippen LogP contribution in [-0.2, 0) is 15.9 Å². The number of nitro groups is 1. The summed E-state index contributed by atoms with van der Waals surface area (Å²) < 4.78 is 82.2. The van der Waals surface area contributed by atoms with Gasteiger partial charge in [-0.15, -0.1) is 4.94 Å². The van der Waals surface area contributed by atoms with Gasteiger partial charge in [-0.25, -0.2) is 9.42 Å². The van der Waals surface area contributed by atoms with Gasteiger partial charge < -0.3 is 4.74 Å². The van der Waals surface area contributed by atoms with Crippen molar-refractivity contribution in [3.63, 3.8) is 0 Å². The van der Waals surface area contributed by atoms with E-state index >= 15 is 13.2 Å². The zero-order valence-electron chi connectivity index (χ0n) is 28.9. The normalized spacial score (nSPS) is 13.1. The third kappa shape index (κ3) is 5.76. The first-order valence-electron chi connectivity index (χ1n) is 16.7. The van der Waals surface area contributed by atoms with Crippen molar-refractivity contribution >= 4 is 141 Å². The first-order chi connectivity index (χ1) is 28.4. The minimum Gasteiger partial charge on any atom is -0.462 e. The molecule has 294 valence electrons. The summed E-state index contributed by atoms with van der Waals surface area (Å²) in [4.78, 5) is 33.2. The Balaban J connectivity index is 1.40. The van der Waals surface area contributed by atoms with Gasteiger partial charge in [-0.2, -0.15) is 49.5 Å². The predicted octanol–water partition coefficient (Wildman–Crippen LogP) is 10.2. The summed E-state index contributed by atoms with van der Waals surface area (Å²) in [5.74, 6) is -0.888. The first-order valence-corrected chi connectivity index (χ1v) is 20.0. The zero-order valence-corrected chi connectivity index (χ0v) is 33.7. The third-order valence-electron chi connectivity index (χ3n) is 9.29. The van der Waals surface area contributed by atoms with Crippen LogP contribution in [0.2, 0.25) is 5.02 Å². The van der Waals surface area contributed by atoms with Gasteiger partial charge in [-0.05, 0) is 69.6 Å². The number of anilines is 4. The van der Waals surface area contributed by atoms with Crippen LogP contribution in [0.4, 0.5) is 41.6 Å². The Bertz CT molecular complexity index is 3250. The molecule has 10 rings (SSSR count). The molecule has 0 amide bonds. The molecule has 0 atom stereocenters. The molecule has 25 heteroatoms. The zero-order chi connectivity index (χ0) is 40.9. The van der Waals surface area contributed by atoms with Gasteiger partial charge in [0.1, 0.15) is 55.6 Å². The molecule has 9 aromatic rings. The van der Waals surface area contributed by atoms with Crippen LogP contribution in [0.5, 0.6) is 0 Å². The number of rotatable bonds is 7. The Labute approximate surface area is 350 Å². The average molecular weight is 941 g/mol. The van der Waals surface area contributed by atoms with Crippen molar-refractivity contribution in [2.24, 2.45) is 0 Å². The summed E-state index contributed by atoms with van der Waals surface area (Å²) in [5, 5.41) is 23.1. The van der Waals surface area contributed by atoms with Crippen molar-refractivity contribution in [3.05, 3.63) is 85.3 Å². The topological polar surface area (TPSA) is 201 Å². The largest absolute Gasteiger partial charge is 0.462 e. The molecule has 0 radical (unpaired) electrons. The number of esters is 1. The number of halogens is 5. The van der Waals surface area contributed by atoms with Crippen molar-refractivity contribution in [1.29, 1.82) is 0 Å². The highest BCUT2D eigenvalue weighted by molar-refractivity contribution is 9.10. The molecule has 0 bridgehead atoms. The van der Waals surface area contributed by atoms with E-state index in [-0.39, 0.29) is 78.6 Å². The van der Waals surface area contributed by atoms with E-state index < -0.39 is 39.5 Å². The fraction of sp³-hybridized carbons (Fsp3) is 0.0882. The second kappa shape index (κ2) is 13.8. The lowest BCUT2D eigenvalue weighted by atomic mass is 9.90. The number of alkyl halides is 3. The Morgan fingerprint density at radius 3 is 2.25 bits per heavy atom. The lowest BCUT2D eigenvalue weighted by molar-refractivity contribution is -0.384. The molecule has 0 fully saturated rings. The monoisotopic (exact) mass is 939 g/mol. The standard InChI is InChI=1S/C34H14BrClF3N11O6S3/c1-2-54-33(51)24-14(4-6-18-28(24)46-57-42-18)23-22(50(52)53)11-15(13-3-5-17-30(26(13)36)41-55-40-17)31-32(23)48(12-9-16(35)27-20(10-12)44-59-45-27)56-49(31)21-8-7-19-29(47-58-43-19)25(21)34(37,38)39/h3-11H,2H2,1H3. The second-order valence-corrected chi connectivity index (χ2v) is 15.3. The van der Waals surface area contributed by atoms with Crippen molar-refractivity contribution < 1.29 is 37.2 Å². The quantitative estimate of drug-likeness (QED) is 0.0829. The Morgan fingerprint density at radius 2 is 1.51 bits per heavy atom. The van der Waals surface area contributed by atoms with Gasteiger partial charge in [0.25, 0.3) is 5.69 Å². The van der Waals surface area contributed by atoms with Crippen molar-refractivity contribution in [1.82, 2.24) is 36.6 Å². The molecule has 4 aromatic heterocycles. The van der Waals surface area contributed by atoms with E-state index in [0.717, 1.165) is 45.7 Å². The highest BCUT2D eigenvalue weighted by atomic mass is 79.9. The fourth-order valence-corrected chi connectivity index (χ4v) is 9.47. The molecular weight excluding hydrogens is 927 g/mol. The van der Waals surface area contributed by atoms with Crippen LogP contribution in [0.15, 0.2) is 63.7 Å². The highest BCUT2D eigenvalue weighted by Gasteiger charge is 2.46. The smallest absolute Gasteiger partial charge is 0.420 e. The molecule has 0 unspecified atom stereocenters. The summed E-state index contributed by atoms with van der Waals surface area (Å²) in [6, 6.07) is 12.6. The van der Waals surface area contributed by atoms with Crippen LogP contribution in [0.25, 0.3) is 66.4 Å². The van der Waals surface area contributed by atoms with Gasteiger partial charge in [0.2, 0.25) is 0 Å². The number of carbonyl (C=O) groups excluding carboxylic acids is 1. The molecule has 0 saturated carbocycles. The van der Waals surface area contributed by atoms with E-state index in [4.69, 9.17) is 25.9 Å². The predicted molar refractivity (Wildman–Crippen MR) is 214 cm³/mol. The van der Waals surface area contributed by atoms with Crippen LogP contribution >= 0.6 is 62.7 Å². The molecule has 0 aliphatic carbocycles. The number of nitro benzene ring substituents is 1. The molecule has 0 spiro atoms. The molecule has 1 aliphatic rings. The summed E-state index contributed by atoms with van der Waals surface area (Å²) >= 11 is 12.7. The fourth-order valence-electron chi connectivity index (χ4n) is 6.91. The molecular formula is C34H14BrClF3N11O6S3. The number of aromatic nitrogens is 8. The summed E-state index contributed by atoms with van der Waals surface area (Å²) in [5.41, 5.74) is -2.15. The van der Waals surface area contributed by atoms with E-state index in [1.54, 1.807) is 13.0 Å². The SMILES string of the molecule is CCOC(=O)c1c(-c2c([N+](=O)[O-])cc(-c3ccc4nonc4c3Cl)c3c2N(c2cc(Br)c4nsnc4c2)ON3c2ccc3nsnc3c2C(F)(F)F)ccc2nsnc12. The van der Waals surface area contributed by atoms with E-state index in [1.807, 2.05) is 0 Å². The van der Waals surface area contributed by atoms with Crippen molar-refractivity contribution in [3.8, 4) is 22.3 Å². The number of nitrogens with zero attached hydrogens (tertiary/aromatic N) is 11. The van der Waals surface area contributed by atoms with Crippen LogP contribution in [0.1, 0.15) is 22.8 Å². The minimum absolute atomic E-state index is 0.0336. The van der Waals surface area contributed by atoms with Crippen molar-refractivity contribution in [2.75, 3.05) is 16.7 Å². The third-order valence-corrected chi connectivity index (χ3v) is 11.9. The van der Waals surface area contributed by atoms with Gasteiger partial charge in [0, 0.05) is 27.2 Å². The van der Waals surface area contributed by atoms with Crippen LogP contribution in [0.3, 0.4) is 0 Å². The molecule has 0 N–H and O–H groups in total.